The van der Waals surface area contributed by atoms with Crippen molar-refractivity contribution in [1.29, 1.82) is 0 Å². The first-order chi connectivity index (χ1) is 6.90. The number of benzene rings is 1. The number of nitrogens with one attached hydrogen (secondary N) is 2. The van der Waals surface area contributed by atoms with Crippen molar-refractivity contribution in [2.24, 2.45) is 0 Å². The lowest BCUT2D eigenvalue weighted by atomic mass is 10.2. The summed E-state index contributed by atoms with van der Waals surface area (Å²) in [6.45, 7) is 0.890. The number of likely N-dealkylation sites (N-methyl/N-ethyl adjacent to an activating group) is 1. The molecule has 1 aromatic heterocycles. The van der Waals surface area contributed by atoms with Gasteiger partial charge in [-0.1, -0.05) is 18.2 Å². The van der Waals surface area contributed by atoms with Crippen molar-refractivity contribution < 1.29 is 0 Å². The van der Waals surface area contributed by atoms with Crippen molar-refractivity contribution in [3.05, 3.63) is 36.2 Å². The average Bonchev–Trinajstić information content (AvgIpc) is 2.65. The molecule has 72 valence electrons. The third-order valence-electron chi connectivity index (χ3n) is 2.08. The summed E-state index contributed by atoms with van der Waals surface area (Å²) in [6.07, 6.45) is 5.90. The Kier molecular flexibility index (Phi) is 2.60. The van der Waals surface area contributed by atoms with Gasteiger partial charge in [-0.2, -0.15) is 0 Å². The molecular weight excluding hydrogens is 174 g/mol. The topological polar surface area (TPSA) is 40.7 Å². The summed E-state index contributed by atoms with van der Waals surface area (Å²) >= 11 is 0. The fourth-order valence-corrected chi connectivity index (χ4v) is 1.37. The number of aromatic nitrogens is 2. The number of hydrogen-bond donors (Lipinski definition) is 2. The molecule has 1 aromatic carbocycles. The summed E-state index contributed by atoms with van der Waals surface area (Å²) < 4.78 is 0. The fourth-order valence-electron chi connectivity index (χ4n) is 1.37. The molecule has 0 atom stereocenters. The molecule has 2 aromatic rings. The number of rotatable bonds is 3. The second kappa shape index (κ2) is 4.07. The number of H-pyrrole nitrogens is 1. The lowest BCUT2D eigenvalue weighted by Gasteiger charge is -1.93. The number of fused-ring (bicyclic) bond motifs is 1. The molecule has 2 rings (SSSR count). The van der Waals surface area contributed by atoms with Crippen LogP contribution in [0.25, 0.3) is 17.1 Å². The molecule has 3 heteroatoms. The van der Waals surface area contributed by atoms with Gasteiger partial charge in [0.05, 0.1) is 17.4 Å². The van der Waals surface area contributed by atoms with Crippen LogP contribution in [0.4, 0.5) is 0 Å². The lowest BCUT2D eigenvalue weighted by Crippen LogP contribution is -2.03. The van der Waals surface area contributed by atoms with E-state index in [0.29, 0.717) is 0 Å². The molecule has 0 radical (unpaired) electrons. The summed E-state index contributed by atoms with van der Waals surface area (Å²) in [7, 11) is 1.93. The molecule has 0 amide bonds. The van der Waals surface area contributed by atoms with Gasteiger partial charge in [0, 0.05) is 6.54 Å². The predicted octanol–water partition coefficient (Wildman–Crippen LogP) is 1.80. The molecule has 0 saturated carbocycles. The number of hydrogen-bond acceptors (Lipinski definition) is 2. The van der Waals surface area contributed by atoms with Crippen molar-refractivity contribution in [3.8, 4) is 0 Å². The quantitative estimate of drug-likeness (QED) is 0.769. The van der Waals surface area contributed by atoms with Crippen LogP contribution in [-0.4, -0.2) is 23.6 Å². The normalized spacial score (nSPS) is 11.5. The Morgan fingerprint density at radius 2 is 2.43 bits per heavy atom. The molecule has 0 bridgehead atoms. The third-order valence-corrected chi connectivity index (χ3v) is 2.08. The van der Waals surface area contributed by atoms with Crippen molar-refractivity contribution in [2.75, 3.05) is 13.6 Å². The summed E-state index contributed by atoms with van der Waals surface area (Å²) in [5.41, 5.74) is 3.28. The Balaban J connectivity index is 2.25. The van der Waals surface area contributed by atoms with Crippen LogP contribution in [-0.2, 0) is 0 Å². The predicted molar refractivity (Wildman–Crippen MR) is 59.1 cm³/mol. The largest absolute Gasteiger partial charge is 0.345 e. The number of aromatic amines is 1. The SMILES string of the molecule is CNC/C=C/c1ccc2nc[nH]c2c1. The highest BCUT2D eigenvalue weighted by Crippen LogP contribution is 2.12. The molecule has 2 N–H and O–H groups in total. The highest BCUT2D eigenvalue weighted by Gasteiger charge is 1.94. The minimum Gasteiger partial charge on any atom is -0.345 e. The van der Waals surface area contributed by atoms with Crippen molar-refractivity contribution in [2.45, 2.75) is 0 Å². The fraction of sp³-hybridized carbons (Fsp3) is 0.182. The van der Waals surface area contributed by atoms with Crippen molar-refractivity contribution >= 4 is 17.1 Å². The van der Waals surface area contributed by atoms with Gasteiger partial charge in [-0.05, 0) is 24.7 Å². The molecular formula is C11H13N3. The average molecular weight is 187 g/mol. The van der Waals surface area contributed by atoms with Gasteiger partial charge >= 0.3 is 0 Å². The molecule has 14 heavy (non-hydrogen) atoms. The van der Waals surface area contributed by atoms with Gasteiger partial charge < -0.3 is 10.3 Å². The minimum atomic E-state index is 0.890. The number of imidazole rings is 1. The van der Waals surface area contributed by atoms with Gasteiger partial charge in [0.15, 0.2) is 0 Å². The van der Waals surface area contributed by atoms with Gasteiger partial charge in [-0.25, -0.2) is 4.98 Å². The molecule has 0 unspecified atom stereocenters. The second-order valence-corrected chi connectivity index (χ2v) is 3.14. The van der Waals surface area contributed by atoms with Gasteiger partial charge in [0.25, 0.3) is 0 Å². The molecule has 0 spiro atoms. The Bertz CT molecular complexity index is 442. The molecule has 3 nitrogen and oxygen atoms in total. The highest BCUT2D eigenvalue weighted by molar-refractivity contribution is 5.77. The van der Waals surface area contributed by atoms with E-state index in [1.54, 1.807) is 6.33 Å². The van der Waals surface area contributed by atoms with E-state index < -0.39 is 0 Å². The summed E-state index contributed by atoms with van der Waals surface area (Å²) in [5, 5.41) is 3.06. The Morgan fingerprint density at radius 1 is 1.50 bits per heavy atom. The Labute approximate surface area is 82.9 Å². The van der Waals surface area contributed by atoms with Gasteiger partial charge in [-0.15, -0.1) is 0 Å². The van der Waals surface area contributed by atoms with Crippen LogP contribution in [0.3, 0.4) is 0 Å². The highest BCUT2D eigenvalue weighted by atomic mass is 14.9. The summed E-state index contributed by atoms with van der Waals surface area (Å²) in [6, 6.07) is 6.18. The standard InChI is InChI=1S/C11H13N3/c1-12-6-2-3-9-4-5-10-11(7-9)14-8-13-10/h2-5,7-8,12H,6H2,1H3,(H,13,14)/b3-2+. The Hall–Kier alpha value is -1.61. The van der Waals surface area contributed by atoms with Crippen LogP contribution in [0, 0.1) is 0 Å². The zero-order valence-corrected chi connectivity index (χ0v) is 8.12. The zero-order valence-electron chi connectivity index (χ0n) is 8.12. The van der Waals surface area contributed by atoms with Gasteiger partial charge in [-0.3, -0.25) is 0 Å². The van der Waals surface area contributed by atoms with E-state index in [0.717, 1.165) is 17.6 Å². The van der Waals surface area contributed by atoms with Gasteiger partial charge in [0.1, 0.15) is 0 Å². The van der Waals surface area contributed by atoms with Crippen LogP contribution in [0.1, 0.15) is 5.56 Å². The number of nitrogens with zero attached hydrogens (tertiary/aromatic N) is 1. The van der Waals surface area contributed by atoms with E-state index in [9.17, 15) is 0 Å². The molecule has 0 saturated heterocycles. The van der Waals surface area contributed by atoms with Gasteiger partial charge in [0.2, 0.25) is 0 Å². The molecule has 0 aliphatic heterocycles. The summed E-state index contributed by atoms with van der Waals surface area (Å²) in [4.78, 5) is 7.25. The smallest absolute Gasteiger partial charge is 0.0931 e. The van der Waals surface area contributed by atoms with E-state index >= 15 is 0 Å². The van der Waals surface area contributed by atoms with Crippen molar-refractivity contribution in [1.82, 2.24) is 15.3 Å². The Morgan fingerprint density at radius 3 is 3.29 bits per heavy atom. The van der Waals surface area contributed by atoms with Crippen LogP contribution >= 0.6 is 0 Å². The molecule has 1 heterocycles. The summed E-state index contributed by atoms with van der Waals surface area (Å²) in [5.74, 6) is 0. The van der Waals surface area contributed by atoms with Crippen LogP contribution in [0.15, 0.2) is 30.6 Å². The van der Waals surface area contributed by atoms with Crippen molar-refractivity contribution in [3.63, 3.8) is 0 Å². The van der Waals surface area contributed by atoms with Crippen LogP contribution in [0.2, 0.25) is 0 Å². The van der Waals surface area contributed by atoms with Crippen LogP contribution < -0.4 is 5.32 Å². The van der Waals surface area contributed by atoms with E-state index in [-0.39, 0.29) is 0 Å². The zero-order chi connectivity index (χ0) is 9.80. The molecule has 0 fully saturated rings. The van der Waals surface area contributed by atoms with E-state index in [1.165, 1.54) is 5.56 Å². The van der Waals surface area contributed by atoms with E-state index in [4.69, 9.17) is 0 Å². The first kappa shape index (κ1) is 8.97. The molecule has 0 aliphatic rings. The first-order valence-corrected chi connectivity index (χ1v) is 4.64. The van der Waals surface area contributed by atoms with Crippen LogP contribution in [0.5, 0.6) is 0 Å². The molecule has 0 aliphatic carbocycles. The second-order valence-electron chi connectivity index (χ2n) is 3.14. The third kappa shape index (κ3) is 1.83. The van der Waals surface area contributed by atoms with E-state index in [1.807, 2.05) is 13.1 Å². The maximum Gasteiger partial charge on any atom is 0.0931 e. The maximum absolute atomic E-state index is 4.16. The maximum atomic E-state index is 4.16. The monoisotopic (exact) mass is 187 g/mol. The van der Waals surface area contributed by atoms with E-state index in [2.05, 4.69) is 39.6 Å². The first-order valence-electron chi connectivity index (χ1n) is 4.64. The minimum absolute atomic E-state index is 0.890. The lowest BCUT2D eigenvalue weighted by molar-refractivity contribution is 0.922.